The van der Waals surface area contributed by atoms with Gasteiger partial charge >= 0.3 is 0 Å². The van der Waals surface area contributed by atoms with Crippen molar-refractivity contribution in [2.45, 2.75) is 32.9 Å². The summed E-state index contributed by atoms with van der Waals surface area (Å²) in [6, 6.07) is 0.314. The Hall–Kier alpha value is -1.47. The molecule has 0 aliphatic carbocycles. The minimum absolute atomic E-state index is 0.288. The lowest BCUT2D eigenvalue weighted by molar-refractivity contribution is 0.114. The zero-order chi connectivity index (χ0) is 15.6. The van der Waals surface area contributed by atoms with Crippen LogP contribution in [0.5, 0.6) is 0 Å². The van der Waals surface area contributed by atoms with Gasteiger partial charge < -0.3 is 14.9 Å². The van der Waals surface area contributed by atoms with E-state index >= 15 is 0 Å². The molecule has 1 aromatic heterocycles. The van der Waals surface area contributed by atoms with Crippen LogP contribution in [-0.2, 0) is 0 Å². The third-order valence-electron chi connectivity index (χ3n) is 3.61. The van der Waals surface area contributed by atoms with Crippen molar-refractivity contribution in [1.29, 1.82) is 0 Å². The van der Waals surface area contributed by atoms with Gasteiger partial charge in [-0.2, -0.15) is 15.0 Å². The van der Waals surface area contributed by atoms with Gasteiger partial charge in [-0.15, -0.1) is 0 Å². The molecule has 1 aliphatic heterocycles. The van der Waals surface area contributed by atoms with Gasteiger partial charge in [0.05, 0.1) is 6.10 Å². The van der Waals surface area contributed by atoms with E-state index in [4.69, 9.17) is 0 Å². The van der Waals surface area contributed by atoms with Crippen LogP contribution in [-0.4, -0.2) is 77.4 Å². The first kappa shape index (κ1) is 15.9. The Kier molecular flexibility index (Phi) is 4.95. The van der Waals surface area contributed by atoms with Crippen molar-refractivity contribution in [3.8, 4) is 0 Å². The Balaban J connectivity index is 2.12. The second kappa shape index (κ2) is 6.53. The summed E-state index contributed by atoms with van der Waals surface area (Å²) in [6.45, 7) is 9.30. The fourth-order valence-corrected chi connectivity index (χ4v) is 2.65. The van der Waals surface area contributed by atoms with Gasteiger partial charge in [0.15, 0.2) is 0 Å². The molecule has 1 aromatic rings. The molecule has 0 unspecified atom stereocenters. The fourth-order valence-electron chi connectivity index (χ4n) is 2.65. The maximum absolute atomic E-state index is 9.51. The minimum Gasteiger partial charge on any atom is -0.392 e. The van der Waals surface area contributed by atoms with Crippen molar-refractivity contribution in [3.63, 3.8) is 0 Å². The van der Waals surface area contributed by atoms with Crippen LogP contribution in [0.15, 0.2) is 0 Å². The molecular formula is C14H26N6O. The number of aliphatic hydroxyl groups excluding tert-OH is 1. The van der Waals surface area contributed by atoms with Crippen LogP contribution in [0.3, 0.4) is 0 Å². The zero-order valence-corrected chi connectivity index (χ0v) is 13.6. The van der Waals surface area contributed by atoms with E-state index in [1.165, 1.54) is 0 Å². The molecule has 0 spiro atoms. The average molecular weight is 294 g/mol. The van der Waals surface area contributed by atoms with Gasteiger partial charge in [0, 0.05) is 46.3 Å². The first-order valence-electron chi connectivity index (χ1n) is 7.44. The van der Waals surface area contributed by atoms with Gasteiger partial charge in [0.1, 0.15) is 5.82 Å². The van der Waals surface area contributed by atoms with Gasteiger partial charge in [-0.25, -0.2) is 0 Å². The highest BCUT2D eigenvalue weighted by Gasteiger charge is 2.26. The second-order valence-corrected chi connectivity index (χ2v) is 6.03. The Labute approximate surface area is 126 Å². The molecule has 2 atom stereocenters. The van der Waals surface area contributed by atoms with Crippen LogP contribution in [0, 0.1) is 6.92 Å². The monoisotopic (exact) mass is 294 g/mol. The molecule has 21 heavy (non-hydrogen) atoms. The normalized spacial score (nSPS) is 21.4. The Morgan fingerprint density at radius 2 is 2.00 bits per heavy atom. The smallest absolute Gasteiger partial charge is 0.230 e. The van der Waals surface area contributed by atoms with Gasteiger partial charge in [-0.05, 0) is 20.8 Å². The van der Waals surface area contributed by atoms with E-state index in [-0.39, 0.29) is 6.10 Å². The van der Waals surface area contributed by atoms with E-state index in [1.807, 2.05) is 32.8 Å². The summed E-state index contributed by atoms with van der Waals surface area (Å²) in [4.78, 5) is 19.8. The first-order valence-corrected chi connectivity index (χ1v) is 7.44. The molecule has 0 radical (unpaired) electrons. The zero-order valence-electron chi connectivity index (χ0n) is 13.6. The number of aliphatic hydroxyl groups is 1. The summed E-state index contributed by atoms with van der Waals surface area (Å²) in [5, 5.41) is 9.51. The van der Waals surface area contributed by atoms with Crippen molar-refractivity contribution < 1.29 is 5.11 Å². The van der Waals surface area contributed by atoms with E-state index < -0.39 is 0 Å². The van der Waals surface area contributed by atoms with Crippen LogP contribution >= 0.6 is 0 Å². The van der Waals surface area contributed by atoms with Crippen molar-refractivity contribution >= 4 is 11.9 Å². The highest BCUT2D eigenvalue weighted by molar-refractivity contribution is 5.39. The Bertz CT molecular complexity index is 479. The third kappa shape index (κ3) is 4.01. The number of anilines is 2. The molecule has 7 heteroatoms. The summed E-state index contributed by atoms with van der Waals surface area (Å²) in [7, 11) is 3.87. The van der Waals surface area contributed by atoms with E-state index in [9.17, 15) is 5.11 Å². The largest absolute Gasteiger partial charge is 0.392 e. The minimum atomic E-state index is -0.288. The summed E-state index contributed by atoms with van der Waals surface area (Å²) in [5.41, 5.74) is 0. The molecule has 1 aliphatic rings. The molecule has 2 heterocycles. The van der Waals surface area contributed by atoms with Crippen LogP contribution in [0.2, 0.25) is 0 Å². The van der Waals surface area contributed by atoms with Crippen LogP contribution < -0.4 is 9.80 Å². The highest BCUT2D eigenvalue weighted by Crippen LogP contribution is 2.18. The number of aromatic nitrogens is 3. The van der Waals surface area contributed by atoms with Gasteiger partial charge in [-0.1, -0.05) is 0 Å². The second-order valence-electron chi connectivity index (χ2n) is 6.03. The van der Waals surface area contributed by atoms with Gasteiger partial charge in [0.25, 0.3) is 0 Å². The quantitative estimate of drug-likeness (QED) is 0.847. The van der Waals surface area contributed by atoms with Crippen molar-refractivity contribution in [1.82, 2.24) is 19.9 Å². The van der Waals surface area contributed by atoms with Crippen LogP contribution in [0.4, 0.5) is 11.9 Å². The van der Waals surface area contributed by atoms with Gasteiger partial charge in [-0.3, -0.25) is 4.90 Å². The van der Waals surface area contributed by atoms with Crippen molar-refractivity contribution in [2.75, 3.05) is 50.1 Å². The topological polar surface area (TPSA) is 68.6 Å². The third-order valence-corrected chi connectivity index (χ3v) is 3.61. The van der Waals surface area contributed by atoms with Gasteiger partial charge in [0.2, 0.25) is 11.9 Å². The molecule has 0 saturated carbocycles. The molecule has 0 amide bonds. The van der Waals surface area contributed by atoms with Crippen LogP contribution in [0.25, 0.3) is 0 Å². The van der Waals surface area contributed by atoms with E-state index in [2.05, 4.69) is 31.7 Å². The number of hydrogen-bond donors (Lipinski definition) is 1. The molecule has 0 aromatic carbocycles. The molecule has 118 valence electrons. The predicted molar refractivity (Wildman–Crippen MR) is 83.8 cm³/mol. The molecule has 1 N–H and O–H groups in total. The summed E-state index contributed by atoms with van der Waals surface area (Å²) in [5.74, 6) is 2.17. The molecular weight excluding hydrogens is 268 g/mol. The maximum atomic E-state index is 9.51. The standard InChI is InChI=1S/C14H26N6O/c1-10-8-19(9-11(2)21)6-7-20(10)14-16-12(3)15-13(17-14)18(4)5/h10-11,21H,6-9H2,1-5H3/t10-,11-/m1/s1. The first-order chi connectivity index (χ1) is 9.86. The van der Waals surface area contributed by atoms with Crippen molar-refractivity contribution in [2.24, 2.45) is 0 Å². The molecule has 1 fully saturated rings. The summed E-state index contributed by atoms with van der Waals surface area (Å²) in [6.07, 6.45) is -0.288. The fraction of sp³-hybridized carbons (Fsp3) is 0.786. The lowest BCUT2D eigenvalue weighted by atomic mass is 10.2. The van der Waals surface area contributed by atoms with E-state index in [0.717, 1.165) is 38.0 Å². The maximum Gasteiger partial charge on any atom is 0.230 e. The number of rotatable bonds is 4. The lowest BCUT2D eigenvalue weighted by Crippen LogP contribution is -2.53. The number of β-amino-alcohol motifs (C(OH)–C–C–N with tert-alkyl or cyclic N) is 1. The molecule has 2 rings (SSSR count). The lowest BCUT2D eigenvalue weighted by Gasteiger charge is -2.40. The van der Waals surface area contributed by atoms with E-state index in [1.54, 1.807) is 0 Å². The summed E-state index contributed by atoms with van der Waals surface area (Å²) >= 11 is 0. The number of piperazine rings is 1. The van der Waals surface area contributed by atoms with Crippen LogP contribution in [0.1, 0.15) is 19.7 Å². The molecule has 0 bridgehead atoms. The SMILES string of the molecule is Cc1nc(N(C)C)nc(N2CCN(C[C@@H](C)O)C[C@H]2C)n1. The number of hydrogen-bond acceptors (Lipinski definition) is 7. The van der Waals surface area contributed by atoms with E-state index in [0.29, 0.717) is 12.0 Å². The number of nitrogens with zero attached hydrogens (tertiary/aromatic N) is 6. The predicted octanol–water partition coefficient (Wildman–Crippen LogP) is 0.137. The molecule has 1 saturated heterocycles. The highest BCUT2D eigenvalue weighted by atomic mass is 16.3. The Morgan fingerprint density at radius 3 is 2.57 bits per heavy atom. The molecule has 7 nitrogen and oxygen atoms in total. The van der Waals surface area contributed by atoms with Crippen molar-refractivity contribution in [3.05, 3.63) is 5.82 Å². The average Bonchev–Trinajstić information content (AvgIpc) is 2.37. The Morgan fingerprint density at radius 1 is 1.29 bits per heavy atom. The number of aryl methyl sites for hydroxylation is 1. The summed E-state index contributed by atoms with van der Waals surface area (Å²) < 4.78 is 0.